The average Bonchev–Trinajstić information content (AvgIpc) is 2.37. The molecule has 1 aliphatic rings. The third-order valence-electron chi connectivity index (χ3n) is 3.42. The Balaban J connectivity index is 1.87. The number of amides is 1. The van der Waals surface area contributed by atoms with Crippen molar-refractivity contribution < 1.29 is 9.90 Å². The maximum atomic E-state index is 11.9. The van der Waals surface area contributed by atoms with Crippen LogP contribution >= 0.6 is 15.9 Å². The van der Waals surface area contributed by atoms with Crippen LogP contribution in [0.25, 0.3) is 0 Å². The Morgan fingerprint density at radius 1 is 1.39 bits per heavy atom. The molecule has 0 radical (unpaired) electrons. The van der Waals surface area contributed by atoms with E-state index in [0.29, 0.717) is 22.9 Å². The number of carbonyl (C=O) groups excluding carboxylic acids is 1. The van der Waals surface area contributed by atoms with E-state index in [2.05, 4.69) is 21.2 Å². The molecule has 1 aromatic carbocycles. The van der Waals surface area contributed by atoms with Gasteiger partial charge in [0.15, 0.2) is 0 Å². The van der Waals surface area contributed by atoms with Crippen molar-refractivity contribution in [2.75, 3.05) is 6.54 Å². The van der Waals surface area contributed by atoms with Crippen LogP contribution in [-0.4, -0.2) is 22.4 Å². The molecule has 2 unspecified atom stereocenters. The summed E-state index contributed by atoms with van der Waals surface area (Å²) in [7, 11) is 0. The Labute approximate surface area is 116 Å². The van der Waals surface area contributed by atoms with Crippen molar-refractivity contribution in [3.63, 3.8) is 0 Å². The minimum Gasteiger partial charge on any atom is -0.507 e. The minimum absolute atomic E-state index is 0.0389. The number of para-hydroxylation sites is 1. The number of benzene rings is 1. The molecule has 18 heavy (non-hydrogen) atoms. The van der Waals surface area contributed by atoms with Crippen LogP contribution in [0.5, 0.6) is 5.75 Å². The Morgan fingerprint density at radius 3 is 2.89 bits per heavy atom. The number of nitrogens with one attached hydrogen (secondary N) is 1. The summed E-state index contributed by atoms with van der Waals surface area (Å²) in [6.45, 7) is 0.690. The largest absolute Gasteiger partial charge is 0.507 e. The monoisotopic (exact) mass is 311 g/mol. The molecule has 0 bridgehead atoms. The first-order valence-corrected chi connectivity index (χ1v) is 7.28. The standard InChI is InChI=1S/C14H18BrNO2/c15-11-5-3-4-10(8-11)9-16-14(18)12-6-1-2-7-13(12)17/h1-2,6-7,10-11,17H,3-5,8-9H2,(H,16,18). The third-order valence-corrected chi connectivity index (χ3v) is 4.25. The summed E-state index contributed by atoms with van der Waals surface area (Å²) in [6.07, 6.45) is 4.72. The Morgan fingerprint density at radius 2 is 2.17 bits per heavy atom. The van der Waals surface area contributed by atoms with Crippen LogP contribution < -0.4 is 5.32 Å². The zero-order valence-electron chi connectivity index (χ0n) is 10.2. The number of alkyl halides is 1. The summed E-state index contributed by atoms with van der Waals surface area (Å²) in [6, 6.07) is 6.63. The molecular weight excluding hydrogens is 294 g/mol. The van der Waals surface area contributed by atoms with E-state index in [-0.39, 0.29) is 11.7 Å². The summed E-state index contributed by atoms with van der Waals surface area (Å²) in [4.78, 5) is 12.5. The first kappa shape index (κ1) is 13.4. The fourth-order valence-corrected chi connectivity index (χ4v) is 3.26. The predicted octanol–water partition coefficient (Wildman–Crippen LogP) is 3.08. The normalized spacial score (nSPS) is 23.6. The topological polar surface area (TPSA) is 49.3 Å². The van der Waals surface area contributed by atoms with E-state index in [1.165, 1.54) is 25.3 Å². The van der Waals surface area contributed by atoms with Gasteiger partial charge in [-0.1, -0.05) is 34.5 Å². The van der Waals surface area contributed by atoms with E-state index in [1.807, 2.05) is 0 Å². The molecule has 1 saturated carbocycles. The zero-order chi connectivity index (χ0) is 13.0. The van der Waals surface area contributed by atoms with Crippen LogP contribution in [0.4, 0.5) is 0 Å². The lowest BCUT2D eigenvalue weighted by Crippen LogP contribution is -2.31. The molecule has 0 heterocycles. The van der Waals surface area contributed by atoms with E-state index in [1.54, 1.807) is 18.2 Å². The number of phenols is 1. The molecule has 1 amide bonds. The summed E-state index contributed by atoms with van der Waals surface area (Å²) < 4.78 is 0. The summed E-state index contributed by atoms with van der Waals surface area (Å²) in [5.41, 5.74) is 0.351. The third kappa shape index (κ3) is 3.48. The van der Waals surface area contributed by atoms with Gasteiger partial charge in [0.1, 0.15) is 5.75 Å². The van der Waals surface area contributed by atoms with Crippen molar-refractivity contribution in [3.05, 3.63) is 29.8 Å². The highest BCUT2D eigenvalue weighted by atomic mass is 79.9. The summed E-state index contributed by atoms with van der Waals surface area (Å²) >= 11 is 3.64. The smallest absolute Gasteiger partial charge is 0.255 e. The van der Waals surface area contributed by atoms with Gasteiger partial charge >= 0.3 is 0 Å². The fourth-order valence-electron chi connectivity index (χ4n) is 2.41. The van der Waals surface area contributed by atoms with Crippen molar-refractivity contribution in [1.82, 2.24) is 5.32 Å². The molecule has 3 nitrogen and oxygen atoms in total. The van der Waals surface area contributed by atoms with Gasteiger partial charge in [-0.25, -0.2) is 0 Å². The van der Waals surface area contributed by atoms with E-state index >= 15 is 0 Å². The molecule has 2 rings (SSSR count). The van der Waals surface area contributed by atoms with Crippen molar-refractivity contribution in [1.29, 1.82) is 0 Å². The number of phenolic OH excluding ortho intramolecular Hbond substituents is 1. The molecule has 1 fully saturated rings. The number of rotatable bonds is 3. The second kappa shape index (κ2) is 6.23. The first-order chi connectivity index (χ1) is 8.66. The molecule has 0 spiro atoms. The molecular formula is C14H18BrNO2. The molecule has 1 aromatic rings. The minimum atomic E-state index is -0.190. The number of halogens is 1. The van der Waals surface area contributed by atoms with Crippen LogP contribution in [0.1, 0.15) is 36.0 Å². The summed E-state index contributed by atoms with van der Waals surface area (Å²) in [5.74, 6) is 0.389. The maximum Gasteiger partial charge on any atom is 0.255 e. The van der Waals surface area contributed by atoms with Crippen LogP contribution in [-0.2, 0) is 0 Å². The SMILES string of the molecule is O=C(NCC1CCCC(Br)C1)c1ccccc1O. The van der Waals surface area contributed by atoms with Gasteiger partial charge in [-0.3, -0.25) is 4.79 Å². The fraction of sp³-hybridized carbons (Fsp3) is 0.500. The van der Waals surface area contributed by atoms with E-state index in [9.17, 15) is 9.90 Å². The number of hydrogen-bond acceptors (Lipinski definition) is 2. The Kier molecular flexibility index (Phi) is 4.64. The predicted molar refractivity (Wildman–Crippen MR) is 75.1 cm³/mol. The maximum absolute atomic E-state index is 11.9. The second-order valence-corrected chi connectivity index (χ2v) is 6.15. The van der Waals surface area contributed by atoms with Crippen molar-refractivity contribution in [3.8, 4) is 5.75 Å². The molecule has 2 N–H and O–H groups in total. The molecule has 0 aliphatic heterocycles. The Bertz CT molecular complexity index is 422. The molecule has 0 aromatic heterocycles. The number of carbonyl (C=O) groups is 1. The van der Waals surface area contributed by atoms with Gasteiger partial charge in [0.25, 0.3) is 5.91 Å². The van der Waals surface area contributed by atoms with Crippen molar-refractivity contribution in [2.24, 2.45) is 5.92 Å². The van der Waals surface area contributed by atoms with Gasteiger partial charge in [0.2, 0.25) is 0 Å². The summed E-state index contributed by atoms with van der Waals surface area (Å²) in [5, 5.41) is 12.5. The van der Waals surface area contributed by atoms with Gasteiger partial charge in [-0.2, -0.15) is 0 Å². The lowest BCUT2D eigenvalue weighted by Gasteiger charge is -2.25. The van der Waals surface area contributed by atoms with E-state index < -0.39 is 0 Å². The second-order valence-electron chi connectivity index (χ2n) is 4.86. The number of hydrogen-bond donors (Lipinski definition) is 2. The van der Waals surface area contributed by atoms with Crippen molar-refractivity contribution >= 4 is 21.8 Å². The van der Waals surface area contributed by atoms with E-state index in [4.69, 9.17) is 0 Å². The Hall–Kier alpha value is -1.03. The average molecular weight is 312 g/mol. The molecule has 98 valence electrons. The number of aromatic hydroxyl groups is 1. The van der Waals surface area contributed by atoms with E-state index in [0.717, 1.165) is 6.42 Å². The van der Waals surface area contributed by atoms with Crippen LogP contribution in [0.3, 0.4) is 0 Å². The molecule has 0 saturated heterocycles. The highest BCUT2D eigenvalue weighted by molar-refractivity contribution is 9.09. The van der Waals surface area contributed by atoms with Gasteiger partial charge in [-0.15, -0.1) is 0 Å². The molecule has 1 aliphatic carbocycles. The molecule has 2 atom stereocenters. The van der Waals surface area contributed by atoms with Crippen molar-refractivity contribution in [2.45, 2.75) is 30.5 Å². The lowest BCUT2D eigenvalue weighted by molar-refractivity contribution is 0.0941. The lowest BCUT2D eigenvalue weighted by atomic mass is 9.89. The molecule has 4 heteroatoms. The highest BCUT2D eigenvalue weighted by Gasteiger charge is 2.20. The van der Waals surface area contributed by atoms with Gasteiger partial charge in [0, 0.05) is 11.4 Å². The van der Waals surface area contributed by atoms with Gasteiger partial charge in [-0.05, 0) is 37.3 Å². The van der Waals surface area contributed by atoms with Crippen LogP contribution in [0, 0.1) is 5.92 Å². The van der Waals surface area contributed by atoms with Gasteiger partial charge in [0.05, 0.1) is 5.56 Å². The zero-order valence-corrected chi connectivity index (χ0v) is 11.8. The first-order valence-electron chi connectivity index (χ1n) is 6.37. The quantitative estimate of drug-likeness (QED) is 0.843. The highest BCUT2D eigenvalue weighted by Crippen LogP contribution is 2.28. The van der Waals surface area contributed by atoms with Crippen LogP contribution in [0.2, 0.25) is 0 Å². The van der Waals surface area contributed by atoms with Crippen LogP contribution in [0.15, 0.2) is 24.3 Å². The van der Waals surface area contributed by atoms with Gasteiger partial charge < -0.3 is 10.4 Å².